The number of rotatable bonds is 16. The Bertz CT molecular complexity index is 1290. The zero-order chi connectivity index (χ0) is 36.0. The van der Waals surface area contributed by atoms with Gasteiger partial charge in [0, 0.05) is 24.9 Å². The molecule has 1 heterocycles. The van der Waals surface area contributed by atoms with Gasteiger partial charge in [-0.3, -0.25) is 33.8 Å². The van der Waals surface area contributed by atoms with Gasteiger partial charge in [0.1, 0.15) is 23.8 Å². The van der Waals surface area contributed by atoms with Crippen molar-refractivity contribution in [1.29, 1.82) is 0 Å². The summed E-state index contributed by atoms with van der Waals surface area (Å²) in [4.78, 5) is 99.7. The van der Waals surface area contributed by atoms with E-state index in [1.165, 1.54) is 18.6 Å². The maximum Gasteiger partial charge on any atom is 0.395 e. The third kappa shape index (κ3) is 12.1. The maximum absolute atomic E-state index is 13.9. The van der Waals surface area contributed by atoms with Gasteiger partial charge in [-0.15, -0.1) is 0 Å². The van der Waals surface area contributed by atoms with Gasteiger partial charge in [-0.05, 0) is 37.0 Å². The molecule has 0 aromatic carbocycles. The van der Waals surface area contributed by atoms with Crippen molar-refractivity contribution >= 4 is 41.4 Å². The number of hydrogen-bond acceptors (Lipinski definition) is 10. The van der Waals surface area contributed by atoms with Crippen LogP contribution in [0.15, 0.2) is 18.6 Å². The van der Waals surface area contributed by atoms with E-state index < -0.39 is 77.9 Å². The normalized spacial score (nSPS) is 16.5. The summed E-state index contributed by atoms with van der Waals surface area (Å²) < 4.78 is 0. The number of carbonyl (C=O) groups is 7. The minimum Gasteiger partial charge on any atom is -0.474 e. The number of nitrogens with zero attached hydrogens (tertiary/aromatic N) is 3. The highest BCUT2D eigenvalue weighted by molar-refractivity contribution is 6.38. The number of nitrogens with two attached hydrogens (primary N) is 1. The monoisotopic (exact) mass is 673 g/mol. The summed E-state index contributed by atoms with van der Waals surface area (Å²) in [5, 5.41) is 17.5. The highest BCUT2D eigenvalue weighted by atomic mass is 16.4. The lowest BCUT2D eigenvalue weighted by atomic mass is 9.84. The van der Waals surface area contributed by atoms with Gasteiger partial charge in [-0.2, -0.15) is 0 Å². The van der Waals surface area contributed by atoms with Gasteiger partial charge < -0.3 is 26.8 Å². The topological polar surface area (TPSA) is 231 Å². The third-order valence-corrected chi connectivity index (χ3v) is 8.64. The number of imide groups is 3. The lowest BCUT2D eigenvalue weighted by molar-refractivity contribution is -0.165. The average Bonchev–Trinajstić information content (AvgIpc) is 3.06. The molecule has 1 saturated carbocycles. The molecule has 2 rings (SSSR count). The molecule has 266 valence electrons. The van der Waals surface area contributed by atoms with E-state index in [-0.39, 0.29) is 35.3 Å². The number of amides is 6. The number of carboxylic acid groups (broad SMARTS) is 1. The molecule has 1 aromatic rings. The third-order valence-electron chi connectivity index (χ3n) is 8.64. The van der Waals surface area contributed by atoms with E-state index in [9.17, 15) is 38.7 Å². The average molecular weight is 674 g/mol. The molecule has 6 N–H and O–H groups in total. The second-order valence-electron chi connectivity index (χ2n) is 13.0. The standard InChI is InChI=1S/C33H51N7O8/c1-6-20(5)27(39-28(42)23(15-19(3)4)37-29(43)25-18-35-13-14-36-25)30(44)38-24(16-21-11-9-8-10-12-21)31(45)40(32(46)33(47)48)26(41)17-22(34)7-2/h13-14,18-24,27H,6-12,15-17,34H2,1-5H3,(H,37,43)(H,38,44)(H,39,42)(H,47,48)/t20-,22-,23-,24-,27-/m0/s1. The fraction of sp³-hybridized carbons (Fsp3) is 0.667. The van der Waals surface area contributed by atoms with Crippen molar-refractivity contribution in [2.24, 2.45) is 23.5 Å². The molecule has 15 nitrogen and oxygen atoms in total. The molecule has 0 aliphatic heterocycles. The van der Waals surface area contributed by atoms with Crippen molar-refractivity contribution < 1.29 is 38.7 Å². The van der Waals surface area contributed by atoms with E-state index >= 15 is 0 Å². The van der Waals surface area contributed by atoms with Gasteiger partial charge in [0.2, 0.25) is 17.7 Å². The van der Waals surface area contributed by atoms with Gasteiger partial charge in [0.15, 0.2) is 0 Å². The summed E-state index contributed by atoms with van der Waals surface area (Å²) in [5.74, 6) is -8.51. The highest BCUT2D eigenvalue weighted by Crippen LogP contribution is 2.28. The molecule has 1 fully saturated rings. The van der Waals surface area contributed by atoms with Crippen molar-refractivity contribution in [2.45, 2.75) is 123 Å². The lowest BCUT2D eigenvalue weighted by Crippen LogP contribution is -2.60. The minimum absolute atomic E-state index is 0.00856. The van der Waals surface area contributed by atoms with Crippen LogP contribution in [0.2, 0.25) is 0 Å². The van der Waals surface area contributed by atoms with E-state index in [0.29, 0.717) is 12.8 Å². The van der Waals surface area contributed by atoms with Crippen LogP contribution in [0.4, 0.5) is 0 Å². The van der Waals surface area contributed by atoms with Crippen molar-refractivity contribution in [1.82, 2.24) is 30.8 Å². The maximum atomic E-state index is 13.9. The zero-order valence-corrected chi connectivity index (χ0v) is 28.6. The van der Waals surface area contributed by atoms with Crippen LogP contribution >= 0.6 is 0 Å². The van der Waals surface area contributed by atoms with Crippen molar-refractivity contribution in [2.75, 3.05) is 0 Å². The van der Waals surface area contributed by atoms with E-state index in [2.05, 4.69) is 25.9 Å². The predicted molar refractivity (Wildman–Crippen MR) is 175 cm³/mol. The zero-order valence-electron chi connectivity index (χ0n) is 28.6. The first-order chi connectivity index (χ1) is 22.7. The van der Waals surface area contributed by atoms with Crippen LogP contribution in [-0.4, -0.2) is 85.6 Å². The van der Waals surface area contributed by atoms with Crippen LogP contribution in [0.3, 0.4) is 0 Å². The molecule has 0 spiro atoms. The first-order valence-corrected chi connectivity index (χ1v) is 16.8. The Morgan fingerprint density at radius 2 is 1.58 bits per heavy atom. The van der Waals surface area contributed by atoms with E-state index in [0.717, 1.165) is 32.1 Å². The van der Waals surface area contributed by atoms with E-state index in [1.807, 2.05) is 20.8 Å². The molecule has 0 unspecified atom stereocenters. The fourth-order valence-corrected chi connectivity index (χ4v) is 5.59. The Hall–Kier alpha value is -4.27. The van der Waals surface area contributed by atoms with Crippen LogP contribution in [-0.2, 0) is 28.8 Å². The second kappa shape index (κ2) is 19.5. The minimum atomic E-state index is -2.01. The molecule has 48 heavy (non-hydrogen) atoms. The Morgan fingerprint density at radius 3 is 2.12 bits per heavy atom. The van der Waals surface area contributed by atoms with Gasteiger partial charge in [-0.25, -0.2) is 14.7 Å². The summed E-state index contributed by atoms with van der Waals surface area (Å²) in [5.41, 5.74) is 5.89. The highest BCUT2D eigenvalue weighted by Gasteiger charge is 2.40. The first kappa shape index (κ1) is 39.9. The molecule has 6 amide bonds. The van der Waals surface area contributed by atoms with Crippen molar-refractivity contribution in [3.05, 3.63) is 24.3 Å². The van der Waals surface area contributed by atoms with Crippen LogP contribution in [0.5, 0.6) is 0 Å². The predicted octanol–water partition coefficient (Wildman–Crippen LogP) is 1.70. The molecule has 1 aromatic heterocycles. The molecule has 0 radical (unpaired) electrons. The Labute approximate surface area is 281 Å². The van der Waals surface area contributed by atoms with Crippen molar-refractivity contribution in [3.8, 4) is 0 Å². The molecular weight excluding hydrogens is 622 g/mol. The number of aromatic nitrogens is 2. The van der Waals surface area contributed by atoms with Crippen LogP contribution < -0.4 is 21.7 Å². The number of carbonyl (C=O) groups excluding carboxylic acids is 6. The first-order valence-electron chi connectivity index (χ1n) is 16.8. The van der Waals surface area contributed by atoms with Crippen LogP contribution in [0, 0.1) is 17.8 Å². The summed E-state index contributed by atoms with van der Waals surface area (Å²) in [7, 11) is 0. The largest absolute Gasteiger partial charge is 0.474 e. The lowest BCUT2D eigenvalue weighted by Gasteiger charge is -2.32. The molecule has 1 aliphatic rings. The summed E-state index contributed by atoms with van der Waals surface area (Å²) in [6.07, 6.45) is 8.93. The van der Waals surface area contributed by atoms with Crippen LogP contribution in [0.25, 0.3) is 0 Å². The SMILES string of the molecule is CC[C@H](N)CC(=O)N(C(=O)C(=O)O)C(=O)[C@H](CC1CCCCC1)NC(=O)[C@@H](NC(=O)[C@H](CC(C)C)NC(=O)c1cnccn1)[C@@H](C)CC. The summed E-state index contributed by atoms with van der Waals surface area (Å²) in [6, 6.07) is -4.38. The molecule has 1 aliphatic carbocycles. The smallest absolute Gasteiger partial charge is 0.395 e. The summed E-state index contributed by atoms with van der Waals surface area (Å²) >= 11 is 0. The quantitative estimate of drug-likeness (QED) is 0.159. The van der Waals surface area contributed by atoms with Gasteiger partial charge in [0.25, 0.3) is 11.8 Å². The Kier molecular flexibility index (Phi) is 16.2. The van der Waals surface area contributed by atoms with Crippen molar-refractivity contribution in [3.63, 3.8) is 0 Å². The molecule has 0 saturated heterocycles. The number of hydrogen-bond donors (Lipinski definition) is 5. The van der Waals surface area contributed by atoms with Crippen LogP contribution in [0.1, 0.15) is 109 Å². The number of nitrogens with one attached hydrogen (secondary N) is 3. The molecular formula is C33H51N7O8. The number of aliphatic carboxylic acids is 1. The van der Waals surface area contributed by atoms with Gasteiger partial charge in [-0.1, -0.05) is 73.1 Å². The van der Waals surface area contributed by atoms with E-state index in [4.69, 9.17) is 5.73 Å². The molecule has 5 atom stereocenters. The van der Waals surface area contributed by atoms with E-state index in [1.54, 1.807) is 13.8 Å². The Morgan fingerprint density at radius 1 is 0.917 bits per heavy atom. The molecule has 15 heteroatoms. The molecule has 0 bridgehead atoms. The second-order valence-corrected chi connectivity index (χ2v) is 13.0. The summed E-state index contributed by atoms with van der Waals surface area (Å²) in [6.45, 7) is 8.98. The Balaban J connectivity index is 2.40. The van der Waals surface area contributed by atoms with Gasteiger partial charge in [0.05, 0.1) is 6.20 Å². The fourth-order valence-electron chi connectivity index (χ4n) is 5.59. The number of carboxylic acids is 1. The van der Waals surface area contributed by atoms with Gasteiger partial charge >= 0.3 is 11.9 Å².